The first-order valence-electron chi connectivity index (χ1n) is 6.75. The van der Waals surface area contributed by atoms with Gasteiger partial charge in [0.05, 0.1) is 5.56 Å². The highest BCUT2D eigenvalue weighted by molar-refractivity contribution is 5.98. The van der Waals surface area contributed by atoms with Gasteiger partial charge in [-0.3, -0.25) is 4.79 Å². The van der Waals surface area contributed by atoms with Gasteiger partial charge in [-0.2, -0.15) is 0 Å². The molecule has 2 aliphatic heterocycles. The molecule has 2 N–H and O–H groups in total. The first kappa shape index (κ1) is 14.9. The van der Waals surface area contributed by atoms with Crippen molar-refractivity contribution < 1.29 is 14.3 Å². The van der Waals surface area contributed by atoms with Crippen molar-refractivity contribution in [3.8, 4) is 11.5 Å². The van der Waals surface area contributed by atoms with Crippen LogP contribution in [-0.2, 0) is 0 Å². The molecule has 0 saturated carbocycles. The van der Waals surface area contributed by atoms with Crippen LogP contribution in [0.5, 0.6) is 11.5 Å². The molecule has 1 fully saturated rings. The van der Waals surface area contributed by atoms with E-state index in [9.17, 15) is 4.79 Å². The number of halogens is 1. The van der Waals surface area contributed by atoms with Gasteiger partial charge < -0.3 is 20.1 Å². The number of rotatable bonds is 2. The summed E-state index contributed by atoms with van der Waals surface area (Å²) in [7, 11) is 0. The number of hydrogen-bond donors (Lipinski definition) is 2. The summed E-state index contributed by atoms with van der Waals surface area (Å²) in [6.45, 7) is 2.88. The minimum atomic E-state index is -0.0870. The second kappa shape index (κ2) is 6.81. The third-order valence-electron chi connectivity index (χ3n) is 3.44. The smallest absolute Gasteiger partial charge is 0.255 e. The largest absolute Gasteiger partial charge is 0.486 e. The standard InChI is InChI=1S/C14H18N2O3.ClH/c17-14(16-10-3-2-6-15-9-10)11-4-1-5-12-13(11)19-8-7-18-12;/h1,4-5,10,15H,2-3,6-9H2,(H,16,17);1H. The zero-order valence-electron chi connectivity index (χ0n) is 11.2. The highest BCUT2D eigenvalue weighted by Gasteiger charge is 2.22. The van der Waals surface area contributed by atoms with Gasteiger partial charge in [-0.15, -0.1) is 12.4 Å². The van der Waals surface area contributed by atoms with Crippen molar-refractivity contribution >= 4 is 18.3 Å². The average Bonchev–Trinajstić information content (AvgIpc) is 2.47. The summed E-state index contributed by atoms with van der Waals surface area (Å²) in [5.74, 6) is 1.13. The van der Waals surface area contributed by atoms with Crippen molar-refractivity contribution in [1.82, 2.24) is 10.6 Å². The van der Waals surface area contributed by atoms with E-state index >= 15 is 0 Å². The van der Waals surface area contributed by atoms with Crippen LogP contribution in [0.15, 0.2) is 18.2 Å². The molecule has 0 bridgehead atoms. The van der Waals surface area contributed by atoms with E-state index in [0.717, 1.165) is 25.9 Å². The zero-order valence-corrected chi connectivity index (χ0v) is 12.0. The molecular weight excluding hydrogens is 280 g/mol. The second-order valence-electron chi connectivity index (χ2n) is 4.85. The minimum Gasteiger partial charge on any atom is -0.486 e. The van der Waals surface area contributed by atoms with Gasteiger partial charge in [0.1, 0.15) is 13.2 Å². The number of carbonyl (C=O) groups is 1. The molecule has 1 aromatic carbocycles. The Morgan fingerprint density at radius 2 is 2.15 bits per heavy atom. The molecule has 1 saturated heterocycles. The summed E-state index contributed by atoms with van der Waals surface area (Å²) < 4.78 is 11.1. The average molecular weight is 299 g/mol. The lowest BCUT2D eigenvalue weighted by molar-refractivity contribution is 0.0919. The zero-order chi connectivity index (χ0) is 13.1. The van der Waals surface area contributed by atoms with Crippen molar-refractivity contribution in [2.75, 3.05) is 26.3 Å². The number of ether oxygens (including phenoxy) is 2. The van der Waals surface area contributed by atoms with Crippen molar-refractivity contribution in [2.45, 2.75) is 18.9 Å². The van der Waals surface area contributed by atoms with Crippen LogP contribution in [0.3, 0.4) is 0 Å². The molecule has 2 heterocycles. The second-order valence-corrected chi connectivity index (χ2v) is 4.85. The molecule has 0 spiro atoms. The maximum atomic E-state index is 12.3. The van der Waals surface area contributed by atoms with Gasteiger partial charge in [-0.05, 0) is 31.5 Å². The molecule has 0 aromatic heterocycles. The SMILES string of the molecule is Cl.O=C(NC1CCCNC1)c1cccc2c1OCCO2. The number of carbonyl (C=O) groups excluding carboxylic acids is 1. The summed E-state index contributed by atoms with van der Waals surface area (Å²) in [6, 6.07) is 5.62. The maximum Gasteiger partial charge on any atom is 0.255 e. The van der Waals surface area contributed by atoms with Gasteiger partial charge in [0.15, 0.2) is 11.5 Å². The summed E-state index contributed by atoms with van der Waals surface area (Å²) >= 11 is 0. The van der Waals surface area contributed by atoms with Crippen LogP contribution in [-0.4, -0.2) is 38.3 Å². The highest BCUT2D eigenvalue weighted by atomic mass is 35.5. The normalized spacial score (nSPS) is 20.7. The van der Waals surface area contributed by atoms with Gasteiger partial charge in [0, 0.05) is 12.6 Å². The maximum absolute atomic E-state index is 12.3. The number of para-hydroxylation sites is 1. The summed E-state index contributed by atoms with van der Waals surface area (Å²) in [5.41, 5.74) is 0.558. The van der Waals surface area contributed by atoms with Crippen LogP contribution < -0.4 is 20.1 Å². The lowest BCUT2D eigenvalue weighted by atomic mass is 10.1. The molecule has 0 aliphatic carbocycles. The lowest BCUT2D eigenvalue weighted by Crippen LogP contribution is -2.45. The molecule has 1 atom stereocenters. The quantitative estimate of drug-likeness (QED) is 0.865. The third kappa shape index (κ3) is 3.16. The van der Waals surface area contributed by atoms with Crippen LogP contribution >= 0.6 is 12.4 Å². The van der Waals surface area contributed by atoms with Crippen molar-refractivity contribution in [3.63, 3.8) is 0 Å². The highest BCUT2D eigenvalue weighted by Crippen LogP contribution is 2.33. The summed E-state index contributed by atoms with van der Waals surface area (Å²) in [4.78, 5) is 12.3. The van der Waals surface area contributed by atoms with Crippen LogP contribution in [0.1, 0.15) is 23.2 Å². The Hall–Kier alpha value is -1.46. The first-order valence-corrected chi connectivity index (χ1v) is 6.75. The Morgan fingerprint density at radius 3 is 2.95 bits per heavy atom. The monoisotopic (exact) mass is 298 g/mol. The fraction of sp³-hybridized carbons (Fsp3) is 0.500. The Kier molecular flexibility index (Phi) is 5.09. The van der Waals surface area contributed by atoms with E-state index in [1.807, 2.05) is 12.1 Å². The van der Waals surface area contributed by atoms with Crippen LogP contribution in [0.4, 0.5) is 0 Å². The fourth-order valence-corrected chi connectivity index (χ4v) is 2.49. The number of fused-ring (bicyclic) bond motifs is 1. The van der Waals surface area contributed by atoms with E-state index in [4.69, 9.17) is 9.47 Å². The Morgan fingerprint density at radius 1 is 1.30 bits per heavy atom. The summed E-state index contributed by atoms with van der Waals surface area (Å²) in [6.07, 6.45) is 2.11. The molecular formula is C14H19ClN2O3. The van der Waals surface area contributed by atoms with Crippen LogP contribution in [0.25, 0.3) is 0 Å². The predicted octanol–water partition coefficient (Wildman–Crippen LogP) is 1.36. The Bertz CT molecular complexity index is 475. The number of hydrogen-bond acceptors (Lipinski definition) is 4. The molecule has 1 aromatic rings. The van der Waals surface area contributed by atoms with Crippen molar-refractivity contribution in [3.05, 3.63) is 23.8 Å². The molecule has 2 aliphatic rings. The van der Waals surface area contributed by atoms with Crippen LogP contribution in [0.2, 0.25) is 0 Å². The Labute approximate surface area is 124 Å². The van der Waals surface area contributed by atoms with Crippen LogP contribution in [0, 0.1) is 0 Å². The predicted molar refractivity (Wildman–Crippen MR) is 78.0 cm³/mol. The molecule has 5 nitrogen and oxygen atoms in total. The fourth-order valence-electron chi connectivity index (χ4n) is 2.49. The van der Waals surface area contributed by atoms with E-state index in [0.29, 0.717) is 30.3 Å². The van der Waals surface area contributed by atoms with E-state index in [2.05, 4.69) is 10.6 Å². The van der Waals surface area contributed by atoms with E-state index < -0.39 is 0 Å². The first-order chi connectivity index (χ1) is 9.34. The lowest BCUT2D eigenvalue weighted by Gasteiger charge is -2.25. The molecule has 6 heteroatoms. The molecule has 1 unspecified atom stereocenters. The van der Waals surface area contributed by atoms with Crippen molar-refractivity contribution in [1.29, 1.82) is 0 Å². The van der Waals surface area contributed by atoms with Gasteiger partial charge in [-0.25, -0.2) is 0 Å². The number of benzene rings is 1. The van der Waals surface area contributed by atoms with E-state index in [1.54, 1.807) is 6.07 Å². The number of nitrogens with one attached hydrogen (secondary N) is 2. The van der Waals surface area contributed by atoms with E-state index in [1.165, 1.54) is 0 Å². The topological polar surface area (TPSA) is 59.6 Å². The molecule has 110 valence electrons. The molecule has 3 rings (SSSR count). The van der Waals surface area contributed by atoms with E-state index in [-0.39, 0.29) is 24.4 Å². The van der Waals surface area contributed by atoms with Gasteiger partial charge >= 0.3 is 0 Å². The minimum absolute atomic E-state index is 0. The third-order valence-corrected chi connectivity index (χ3v) is 3.44. The van der Waals surface area contributed by atoms with Crippen molar-refractivity contribution in [2.24, 2.45) is 0 Å². The number of amides is 1. The van der Waals surface area contributed by atoms with Gasteiger partial charge in [0.25, 0.3) is 5.91 Å². The Balaban J connectivity index is 0.00000147. The number of piperidine rings is 1. The molecule has 0 radical (unpaired) electrons. The van der Waals surface area contributed by atoms with Gasteiger partial charge in [-0.1, -0.05) is 6.07 Å². The molecule has 1 amide bonds. The molecule has 20 heavy (non-hydrogen) atoms. The summed E-state index contributed by atoms with van der Waals surface area (Å²) in [5, 5.41) is 6.33. The van der Waals surface area contributed by atoms with Gasteiger partial charge in [0.2, 0.25) is 0 Å².